The first-order valence-corrected chi connectivity index (χ1v) is 10.6. The van der Waals surface area contributed by atoms with E-state index in [1.165, 1.54) is 6.39 Å². The summed E-state index contributed by atoms with van der Waals surface area (Å²) in [5.41, 5.74) is 5.82. The SMILES string of the molecule is Cc1cc(C(C)Nc2cccnc2-c2cocn2)c2oc(-c3cccnc3)c(C)c(=O)c2c1. The number of fused-ring (bicyclic) bond motifs is 1. The first kappa shape index (κ1) is 20.6. The summed E-state index contributed by atoms with van der Waals surface area (Å²) in [7, 11) is 0. The minimum absolute atomic E-state index is 0.0445. The van der Waals surface area contributed by atoms with Crippen molar-refractivity contribution < 1.29 is 8.83 Å². The van der Waals surface area contributed by atoms with Crippen LogP contribution in [0.5, 0.6) is 0 Å². The fourth-order valence-electron chi connectivity index (χ4n) is 4.03. The normalized spacial score (nSPS) is 12.1. The molecule has 33 heavy (non-hydrogen) atoms. The van der Waals surface area contributed by atoms with Gasteiger partial charge in [0.25, 0.3) is 0 Å². The maximum absolute atomic E-state index is 13.3. The third-order valence-corrected chi connectivity index (χ3v) is 5.64. The first-order valence-electron chi connectivity index (χ1n) is 10.6. The molecule has 1 unspecified atom stereocenters. The van der Waals surface area contributed by atoms with E-state index in [1.807, 2.05) is 50.2 Å². The van der Waals surface area contributed by atoms with Crippen molar-refractivity contribution in [3.05, 3.63) is 94.6 Å². The molecule has 0 saturated heterocycles. The quantitative estimate of drug-likeness (QED) is 0.376. The Hall–Kier alpha value is -4.26. The van der Waals surface area contributed by atoms with Gasteiger partial charge in [0.05, 0.1) is 17.1 Å². The zero-order chi connectivity index (χ0) is 22.9. The molecular weight excluding hydrogens is 416 g/mol. The fourth-order valence-corrected chi connectivity index (χ4v) is 4.03. The lowest BCUT2D eigenvalue weighted by Gasteiger charge is -2.20. The van der Waals surface area contributed by atoms with Gasteiger partial charge in [-0.25, -0.2) is 4.98 Å². The van der Waals surface area contributed by atoms with Gasteiger partial charge in [-0.2, -0.15) is 0 Å². The number of anilines is 1. The predicted molar refractivity (Wildman–Crippen MR) is 127 cm³/mol. The average molecular weight is 438 g/mol. The molecule has 0 aliphatic heterocycles. The standard InChI is InChI=1S/C26H22N4O3/c1-15-10-19(17(3)30-21-7-5-9-28-23(21)22-13-32-14-29-22)26-20(11-15)24(31)16(2)25(33-26)18-6-4-8-27-12-18/h4-14,17,30H,1-3H3. The Kier molecular flexibility index (Phi) is 5.22. The van der Waals surface area contributed by atoms with Crippen LogP contribution in [0.3, 0.4) is 0 Å². The molecule has 0 aliphatic carbocycles. The van der Waals surface area contributed by atoms with Gasteiger partial charge in [-0.1, -0.05) is 6.07 Å². The Bertz CT molecular complexity index is 1490. The Balaban J connectivity index is 1.64. The summed E-state index contributed by atoms with van der Waals surface area (Å²) in [5, 5.41) is 4.07. The number of hydrogen-bond donors (Lipinski definition) is 1. The van der Waals surface area contributed by atoms with E-state index in [4.69, 9.17) is 8.83 Å². The van der Waals surface area contributed by atoms with Crippen molar-refractivity contribution in [2.45, 2.75) is 26.8 Å². The molecule has 4 heterocycles. The first-order chi connectivity index (χ1) is 16.0. The summed E-state index contributed by atoms with van der Waals surface area (Å²) in [6, 6.07) is 11.2. The number of rotatable bonds is 5. The van der Waals surface area contributed by atoms with Crippen molar-refractivity contribution in [2.75, 3.05) is 5.32 Å². The van der Waals surface area contributed by atoms with E-state index >= 15 is 0 Å². The molecule has 1 atom stereocenters. The van der Waals surface area contributed by atoms with Gasteiger partial charge in [0.1, 0.15) is 29.0 Å². The lowest BCUT2D eigenvalue weighted by Crippen LogP contribution is -2.13. The van der Waals surface area contributed by atoms with Crippen molar-refractivity contribution in [3.63, 3.8) is 0 Å². The molecule has 0 aliphatic rings. The molecule has 4 aromatic heterocycles. The molecular formula is C26H22N4O3. The minimum atomic E-state index is -0.185. The minimum Gasteiger partial charge on any atom is -0.455 e. The molecule has 0 bridgehead atoms. The molecule has 7 heteroatoms. The van der Waals surface area contributed by atoms with Crippen LogP contribution < -0.4 is 10.7 Å². The summed E-state index contributed by atoms with van der Waals surface area (Å²) in [6.07, 6.45) is 8.04. The van der Waals surface area contributed by atoms with E-state index in [1.54, 1.807) is 31.8 Å². The molecule has 0 radical (unpaired) electrons. The molecule has 0 fully saturated rings. The fraction of sp³-hybridized carbons (Fsp3) is 0.154. The highest BCUT2D eigenvalue weighted by molar-refractivity contribution is 5.85. The molecule has 0 saturated carbocycles. The smallest absolute Gasteiger partial charge is 0.196 e. The lowest BCUT2D eigenvalue weighted by atomic mass is 9.99. The van der Waals surface area contributed by atoms with Crippen LogP contribution in [0, 0.1) is 13.8 Å². The van der Waals surface area contributed by atoms with Gasteiger partial charge in [0.2, 0.25) is 0 Å². The number of hydrogen-bond acceptors (Lipinski definition) is 7. The van der Waals surface area contributed by atoms with Crippen LogP contribution >= 0.6 is 0 Å². The summed E-state index contributed by atoms with van der Waals surface area (Å²) in [5.74, 6) is 0.530. The monoisotopic (exact) mass is 438 g/mol. The summed E-state index contributed by atoms with van der Waals surface area (Å²) >= 11 is 0. The number of oxazole rings is 1. The molecule has 164 valence electrons. The van der Waals surface area contributed by atoms with E-state index < -0.39 is 0 Å². The highest BCUT2D eigenvalue weighted by Gasteiger charge is 2.20. The Labute approximate surface area is 190 Å². The molecule has 5 rings (SSSR count). The van der Waals surface area contributed by atoms with Gasteiger partial charge in [-0.15, -0.1) is 0 Å². The molecule has 0 amide bonds. The third kappa shape index (κ3) is 3.78. The number of benzene rings is 1. The zero-order valence-corrected chi connectivity index (χ0v) is 18.5. The maximum Gasteiger partial charge on any atom is 0.196 e. The molecule has 0 spiro atoms. The summed E-state index contributed by atoms with van der Waals surface area (Å²) in [4.78, 5) is 26.2. The third-order valence-electron chi connectivity index (χ3n) is 5.64. The topological polar surface area (TPSA) is 94.1 Å². The molecule has 7 nitrogen and oxygen atoms in total. The Morgan fingerprint density at radius 1 is 1.06 bits per heavy atom. The van der Waals surface area contributed by atoms with Gasteiger partial charge >= 0.3 is 0 Å². The van der Waals surface area contributed by atoms with Crippen LogP contribution in [0.1, 0.15) is 29.7 Å². The van der Waals surface area contributed by atoms with Crippen molar-refractivity contribution in [1.82, 2.24) is 15.0 Å². The average Bonchev–Trinajstić information content (AvgIpc) is 3.37. The summed E-state index contributed by atoms with van der Waals surface area (Å²) in [6.45, 7) is 5.79. The van der Waals surface area contributed by atoms with Crippen molar-refractivity contribution in [3.8, 4) is 22.7 Å². The van der Waals surface area contributed by atoms with E-state index in [2.05, 4.69) is 20.3 Å². The van der Waals surface area contributed by atoms with Crippen molar-refractivity contribution in [2.24, 2.45) is 0 Å². The lowest BCUT2D eigenvalue weighted by molar-refractivity contribution is 0.558. The number of nitrogens with one attached hydrogen (secondary N) is 1. The van der Waals surface area contributed by atoms with Crippen LogP contribution in [0.4, 0.5) is 5.69 Å². The van der Waals surface area contributed by atoms with Crippen molar-refractivity contribution >= 4 is 16.7 Å². The van der Waals surface area contributed by atoms with Crippen molar-refractivity contribution in [1.29, 1.82) is 0 Å². The summed E-state index contributed by atoms with van der Waals surface area (Å²) < 4.78 is 11.5. The second kappa shape index (κ2) is 8.35. The largest absolute Gasteiger partial charge is 0.455 e. The predicted octanol–water partition coefficient (Wildman–Crippen LogP) is 5.69. The van der Waals surface area contributed by atoms with Crippen LogP contribution in [-0.4, -0.2) is 15.0 Å². The van der Waals surface area contributed by atoms with E-state index in [9.17, 15) is 4.79 Å². The van der Waals surface area contributed by atoms with E-state index in [0.717, 1.165) is 22.4 Å². The second-order valence-electron chi connectivity index (χ2n) is 8.00. The second-order valence-corrected chi connectivity index (χ2v) is 8.00. The van der Waals surface area contributed by atoms with E-state index in [0.29, 0.717) is 33.7 Å². The molecule has 5 aromatic rings. The highest BCUT2D eigenvalue weighted by Crippen LogP contribution is 2.33. The van der Waals surface area contributed by atoms with Crippen LogP contribution in [0.25, 0.3) is 33.7 Å². The highest BCUT2D eigenvalue weighted by atomic mass is 16.3. The molecule has 1 aromatic carbocycles. The number of aromatic nitrogens is 3. The Morgan fingerprint density at radius 2 is 1.91 bits per heavy atom. The number of nitrogens with zero attached hydrogens (tertiary/aromatic N) is 3. The van der Waals surface area contributed by atoms with Crippen LogP contribution in [0.15, 0.2) is 81.3 Å². The maximum atomic E-state index is 13.3. The number of pyridine rings is 2. The van der Waals surface area contributed by atoms with E-state index in [-0.39, 0.29) is 11.5 Å². The van der Waals surface area contributed by atoms with Gasteiger partial charge in [0, 0.05) is 35.3 Å². The number of aryl methyl sites for hydroxylation is 1. The van der Waals surface area contributed by atoms with Crippen LogP contribution in [0.2, 0.25) is 0 Å². The van der Waals surface area contributed by atoms with Gasteiger partial charge in [0.15, 0.2) is 11.8 Å². The van der Waals surface area contributed by atoms with Gasteiger partial charge in [-0.05, 0) is 56.7 Å². The Morgan fingerprint density at radius 3 is 2.67 bits per heavy atom. The molecule has 1 N–H and O–H groups in total. The zero-order valence-electron chi connectivity index (χ0n) is 18.5. The van der Waals surface area contributed by atoms with Crippen LogP contribution in [-0.2, 0) is 0 Å². The van der Waals surface area contributed by atoms with Gasteiger partial charge in [-0.3, -0.25) is 14.8 Å². The van der Waals surface area contributed by atoms with Gasteiger partial charge < -0.3 is 14.2 Å².